The maximum atomic E-state index is 14.3. The number of methoxy groups -OCH3 is 1. The Labute approximate surface area is 258 Å². The zero-order valence-corrected chi connectivity index (χ0v) is 25.7. The third kappa shape index (κ3) is 7.28. The van der Waals surface area contributed by atoms with Crippen LogP contribution in [0.25, 0.3) is 28.2 Å². The Morgan fingerprint density at radius 3 is 2.42 bits per heavy atom. The molecule has 2 amide bonds. The fourth-order valence-electron chi connectivity index (χ4n) is 4.78. The van der Waals surface area contributed by atoms with E-state index in [9.17, 15) is 18.4 Å². The number of amides is 2. The largest absolute Gasteiger partial charge is 0.494 e. The first-order chi connectivity index (χ1) is 21.4. The van der Waals surface area contributed by atoms with E-state index in [-0.39, 0.29) is 18.0 Å². The Hall–Kier alpha value is -4.85. The number of fused-ring (bicyclic) bond motifs is 1. The number of likely N-dealkylation sites (N-methyl/N-ethyl adjacent to an activating group) is 1. The van der Waals surface area contributed by atoms with Gasteiger partial charge in [0.25, 0.3) is 6.43 Å². The van der Waals surface area contributed by atoms with Crippen LogP contribution in [-0.2, 0) is 14.3 Å². The molecule has 0 unspecified atom stereocenters. The van der Waals surface area contributed by atoms with Crippen molar-refractivity contribution in [1.82, 2.24) is 24.4 Å². The zero-order valence-electron chi connectivity index (χ0n) is 25.7. The molecule has 238 valence electrons. The molecular weight excluding hydrogens is 588 g/mol. The summed E-state index contributed by atoms with van der Waals surface area (Å²) in [5.41, 5.74) is 1.61. The van der Waals surface area contributed by atoms with Crippen molar-refractivity contribution in [3.63, 3.8) is 0 Å². The number of para-hydroxylation sites is 1. The predicted molar refractivity (Wildman–Crippen MR) is 164 cm³/mol. The van der Waals surface area contributed by atoms with Crippen LogP contribution in [0.3, 0.4) is 0 Å². The van der Waals surface area contributed by atoms with E-state index in [0.717, 1.165) is 0 Å². The van der Waals surface area contributed by atoms with Gasteiger partial charge in [0.2, 0.25) is 11.9 Å². The summed E-state index contributed by atoms with van der Waals surface area (Å²) in [6.45, 7) is 7.17. The third-order valence-electron chi connectivity index (χ3n) is 6.88. The van der Waals surface area contributed by atoms with E-state index in [1.807, 2.05) is 4.90 Å². The van der Waals surface area contributed by atoms with E-state index in [4.69, 9.17) is 24.2 Å². The number of aromatic nitrogens is 4. The maximum absolute atomic E-state index is 14.3. The van der Waals surface area contributed by atoms with E-state index in [2.05, 4.69) is 10.3 Å². The Bertz CT molecular complexity index is 1680. The first-order valence-electron chi connectivity index (χ1n) is 14.3. The minimum atomic E-state index is -2.90. The molecule has 2 aromatic carbocycles. The van der Waals surface area contributed by atoms with Gasteiger partial charge < -0.3 is 29.3 Å². The molecule has 4 aromatic rings. The summed E-state index contributed by atoms with van der Waals surface area (Å²) >= 11 is 0. The van der Waals surface area contributed by atoms with Crippen molar-refractivity contribution in [3.8, 4) is 23.0 Å². The molecule has 1 saturated heterocycles. The number of rotatable bonds is 8. The van der Waals surface area contributed by atoms with Gasteiger partial charge >= 0.3 is 6.09 Å². The molecule has 0 radical (unpaired) electrons. The quantitative estimate of drug-likeness (QED) is 0.287. The van der Waals surface area contributed by atoms with E-state index in [0.29, 0.717) is 60.3 Å². The Kier molecular flexibility index (Phi) is 9.14. The van der Waals surface area contributed by atoms with Crippen LogP contribution in [0.2, 0.25) is 0 Å². The molecule has 1 aliphatic rings. The van der Waals surface area contributed by atoms with Gasteiger partial charge in [0.05, 0.1) is 31.5 Å². The molecule has 0 aliphatic carbocycles. The zero-order chi connectivity index (χ0) is 32.3. The summed E-state index contributed by atoms with van der Waals surface area (Å²) in [5, 5.41) is 2.77. The molecule has 1 N–H and O–H groups in total. The highest BCUT2D eigenvalue weighted by Crippen LogP contribution is 2.33. The highest BCUT2D eigenvalue weighted by molar-refractivity contribution is 5.94. The number of carbonyl (C=O) groups excluding carboxylic acids is 2. The SMILES string of the molecule is COc1cccc2c1nc(C(F)F)n2-c1nc(-c2ccc(NC(=O)CN(C)C(=O)OC(C)(C)C)cc2)cc(N2CCOCC2)n1. The smallest absolute Gasteiger partial charge is 0.410 e. The monoisotopic (exact) mass is 623 g/mol. The van der Waals surface area contributed by atoms with Crippen molar-refractivity contribution in [3.05, 3.63) is 54.4 Å². The molecule has 0 spiro atoms. The van der Waals surface area contributed by atoms with Crippen LogP contribution < -0.4 is 15.0 Å². The molecule has 5 rings (SSSR count). The van der Waals surface area contributed by atoms with Crippen LogP contribution in [0.4, 0.5) is 25.1 Å². The van der Waals surface area contributed by atoms with Gasteiger partial charge in [-0.1, -0.05) is 18.2 Å². The number of hydrogen-bond acceptors (Lipinski definition) is 9. The van der Waals surface area contributed by atoms with Crippen LogP contribution in [0, 0.1) is 0 Å². The highest BCUT2D eigenvalue weighted by Gasteiger charge is 2.26. The second kappa shape index (κ2) is 13.0. The van der Waals surface area contributed by atoms with Gasteiger partial charge in [-0.2, -0.15) is 4.98 Å². The maximum Gasteiger partial charge on any atom is 0.410 e. The standard InChI is InChI=1S/C31H35F2N7O5/c1-31(2,3)45-30(42)38(4)18-25(41)34-20-11-9-19(10-12-20)21-17-24(39-13-15-44-16-14-39)36-29(35-21)40-22-7-6-8-23(43-5)26(22)37-28(40)27(32)33/h6-12,17,27H,13-16,18H2,1-5H3,(H,34,41). The number of imidazole rings is 1. The molecule has 0 bridgehead atoms. The molecule has 2 aromatic heterocycles. The predicted octanol–water partition coefficient (Wildman–Crippen LogP) is 5.07. The number of hydrogen-bond donors (Lipinski definition) is 1. The number of carbonyl (C=O) groups is 2. The lowest BCUT2D eigenvalue weighted by Gasteiger charge is -2.28. The van der Waals surface area contributed by atoms with Crippen LogP contribution in [0.1, 0.15) is 33.0 Å². The van der Waals surface area contributed by atoms with E-state index < -0.39 is 29.9 Å². The molecule has 1 fully saturated rings. The molecule has 14 heteroatoms. The summed E-state index contributed by atoms with van der Waals surface area (Å²) in [7, 11) is 2.93. The van der Waals surface area contributed by atoms with Crippen LogP contribution >= 0.6 is 0 Å². The number of halogens is 2. The molecule has 12 nitrogen and oxygen atoms in total. The molecule has 0 atom stereocenters. The molecule has 3 heterocycles. The number of ether oxygens (including phenoxy) is 3. The summed E-state index contributed by atoms with van der Waals surface area (Å²) in [5.74, 6) is 0.0204. The minimum Gasteiger partial charge on any atom is -0.494 e. The summed E-state index contributed by atoms with van der Waals surface area (Å²) in [4.78, 5) is 41.6. The second-order valence-corrected chi connectivity index (χ2v) is 11.4. The third-order valence-corrected chi connectivity index (χ3v) is 6.88. The topological polar surface area (TPSA) is 124 Å². The Morgan fingerprint density at radius 2 is 1.78 bits per heavy atom. The Balaban J connectivity index is 1.47. The lowest BCUT2D eigenvalue weighted by atomic mass is 10.1. The Morgan fingerprint density at radius 1 is 1.07 bits per heavy atom. The average Bonchev–Trinajstić information content (AvgIpc) is 3.41. The average molecular weight is 624 g/mol. The van der Waals surface area contributed by atoms with E-state index in [1.165, 1.54) is 23.6 Å². The van der Waals surface area contributed by atoms with Gasteiger partial charge in [-0.25, -0.2) is 23.5 Å². The number of nitrogens with zero attached hydrogens (tertiary/aromatic N) is 6. The number of benzene rings is 2. The van der Waals surface area contributed by atoms with Crippen molar-refractivity contribution in [2.75, 3.05) is 57.2 Å². The molecular formula is C31H35F2N7O5. The van der Waals surface area contributed by atoms with Crippen molar-refractivity contribution >= 4 is 34.5 Å². The van der Waals surface area contributed by atoms with Gasteiger partial charge in [0.15, 0.2) is 5.82 Å². The van der Waals surface area contributed by atoms with Gasteiger partial charge in [-0.3, -0.25) is 9.36 Å². The van der Waals surface area contributed by atoms with Crippen molar-refractivity contribution in [2.45, 2.75) is 32.8 Å². The first-order valence-corrected chi connectivity index (χ1v) is 14.3. The fourth-order valence-corrected chi connectivity index (χ4v) is 4.78. The lowest BCUT2D eigenvalue weighted by molar-refractivity contribution is -0.117. The van der Waals surface area contributed by atoms with Crippen LogP contribution in [-0.4, -0.2) is 89.0 Å². The first kappa shape index (κ1) is 31.6. The summed E-state index contributed by atoms with van der Waals surface area (Å²) < 4.78 is 46.1. The molecule has 45 heavy (non-hydrogen) atoms. The number of anilines is 2. The minimum absolute atomic E-state index is 0.0302. The number of morpholine rings is 1. The second-order valence-electron chi connectivity index (χ2n) is 11.4. The fraction of sp³-hybridized carbons (Fsp3) is 0.387. The van der Waals surface area contributed by atoms with Gasteiger partial charge in [0.1, 0.15) is 29.2 Å². The lowest BCUT2D eigenvalue weighted by Crippen LogP contribution is -2.38. The summed E-state index contributed by atoms with van der Waals surface area (Å²) in [6.07, 6.45) is -3.51. The van der Waals surface area contributed by atoms with E-state index >= 15 is 0 Å². The number of nitrogens with one attached hydrogen (secondary N) is 1. The van der Waals surface area contributed by atoms with Crippen LogP contribution in [0.15, 0.2) is 48.5 Å². The van der Waals surface area contributed by atoms with Crippen LogP contribution in [0.5, 0.6) is 5.75 Å². The van der Waals surface area contributed by atoms with Crippen molar-refractivity contribution < 1.29 is 32.6 Å². The van der Waals surface area contributed by atoms with Crippen molar-refractivity contribution in [2.24, 2.45) is 0 Å². The van der Waals surface area contributed by atoms with E-state index in [1.54, 1.807) is 69.3 Å². The number of alkyl halides is 2. The van der Waals surface area contributed by atoms with Crippen molar-refractivity contribution in [1.29, 1.82) is 0 Å². The molecule has 1 aliphatic heterocycles. The normalized spacial score (nSPS) is 13.6. The van der Waals surface area contributed by atoms with Gasteiger partial charge in [-0.15, -0.1) is 0 Å². The highest BCUT2D eigenvalue weighted by atomic mass is 19.3. The van der Waals surface area contributed by atoms with Gasteiger partial charge in [0, 0.05) is 37.5 Å². The summed E-state index contributed by atoms with van der Waals surface area (Å²) in [6, 6.07) is 13.7. The molecule has 0 saturated carbocycles. The van der Waals surface area contributed by atoms with Gasteiger partial charge in [-0.05, 0) is 45.0 Å².